The molecule has 108 valence electrons. The summed E-state index contributed by atoms with van der Waals surface area (Å²) in [6.07, 6.45) is 2.49. The lowest BCUT2D eigenvalue weighted by Gasteiger charge is -1.94. The summed E-state index contributed by atoms with van der Waals surface area (Å²) in [6.45, 7) is 0. The smallest absolute Gasteiger partial charge is 0.301 e. The molecule has 12 heteroatoms. The molecule has 0 bridgehead atoms. The van der Waals surface area contributed by atoms with Crippen LogP contribution in [0.15, 0.2) is 32.5 Å². The number of nitrogens with zero attached hydrogens (tertiary/aromatic N) is 6. The molecule has 0 fully saturated rings. The van der Waals surface area contributed by atoms with Crippen molar-refractivity contribution >= 4 is 34.0 Å². The summed E-state index contributed by atoms with van der Waals surface area (Å²) < 4.78 is 0. The largest absolute Gasteiger partial charge is 0.325 e. The highest BCUT2D eigenvalue weighted by Crippen LogP contribution is 2.22. The molecule has 0 aliphatic rings. The SMILES string of the molecule is O=c1[nH]c2ncnc(N=Nc3ncnc4[nH]c(=O)[nH]c34)c2[nH]1. The molecule has 4 N–H and O–H groups in total. The van der Waals surface area contributed by atoms with E-state index in [1.165, 1.54) is 12.7 Å². The maximum absolute atomic E-state index is 11.3. The number of aromatic amines is 4. The van der Waals surface area contributed by atoms with E-state index in [4.69, 9.17) is 0 Å². The summed E-state index contributed by atoms with van der Waals surface area (Å²) in [5.41, 5.74) is 0.430. The number of rotatable bonds is 2. The van der Waals surface area contributed by atoms with Crippen LogP contribution in [0.25, 0.3) is 22.3 Å². The quantitative estimate of drug-likeness (QED) is 0.379. The fraction of sp³-hybridized carbons (Fsp3) is 0. The molecular weight excluding hydrogens is 292 g/mol. The predicted molar refractivity (Wildman–Crippen MR) is 73.2 cm³/mol. The van der Waals surface area contributed by atoms with E-state index in [1.807, 2.05) is 0 Å². The molecule has 0 aliphatic carbocycles. The molecular formula is C10H6N10O2. The molecule has 0 amide bonds. The molecule has 0 aromatic carbocycles. The summed E-state index contributed by atoms with van der Waals surface area (Å²) in [7, 11) is 0. The van der Waals surface area contributed by atoms with Crippen LogP contribution >= 0.6 is 0 Å². The zero-order valence-electron chi connectivity index (χ0n) is 10.7. The third kappa shape index (κ3) is 1.86. The van der Waals surface area contributed by atoms with Gasteiger partial charge >= 0.3 is 11.4 Å². The first kappa shape index (κ1) is 12.1. The van der Waals surface area contributed by atoms with Gasteiger partial charge in [-0.1, -0.05) is 0 Å². The van der Waals surface area contributed by atoms with Gasteiger partial charge in [0.15, 0.2) is 11.3 Å². The average Bonchev–Trinajstić information content (AvgIpc) is 3.06. The first-order valence-electron chi connectivity index (χ1n) is 5.98. The number of aromatic nitrogens is 8. The van der Waals surface area contributed by atoms with E-state index >= 15 is 0 Å². The second kappa shape index (κ2) is 4.41. The Morgan fingerprint density at radius 3 is 1.59 bits per heavy atom. The Labute approximate surface area is 118 Å². The third-order valence-corrected chi connectivity index (χ3v) is 2.83. The summed E-state index contributed by atoms with van der Waals surface area (Å²) >= 11 is 0. The zero-order valence-corrected chi connectivity index (χ0v) is 10.7. The Morgan fingerprint density at radius 1 is 0.682 bits per heavy atom. The van der Waals surface area contributed by atoms with Gasteiger partial charge in [0.1, 0.15) is 23.7 Å². The summed E-state index contributed by atoms with van der Waals surface area (Å²) in [4.78, 5) is 48.2. The Bertz CT molecular complexity index is 1040. The second-order valence-corrected chi connectivity index (χ2v) is 4.20. The number of H-pyrrole nitrogens is 4. The van der Waals surface area contributed by atoms with Crippen molar-refractivity contribution in [2.75, 3.05) is 0 Å². The lowest BCUT2D eigenvalue weighted by atomic mass is 10.5. The number of azo groups is 1. The molecule has 4 aromatic rings. The van der Waals surface area contributed by atoms with Crippen molar-refractivity contribution in [1.29, 1.82) is 0 Å². The normalized spacial score (nSPS) is 11.8. The van der Waals surface area contributed by atoms with Crippen LogP contribution in [0.2, 0.25) is 0 Å². The Hall–Kier alpha value is -3.70. The van der Waals surface area contributed by atoms with E-state index in [9.17, 15) is 9.59 Å². The van der Waals surface area contributed by atoms with Crippen molar-refractivity contribution in [3.63, 3.8) is 0 Å². The average molecular weight is 298 g/mol. The molecule has 22 heavy (non-hydrogen) atoms. The molecule has 0 saturated heterocycles. The van der Waals surface area contributed by atoms with Gasteiger partial charge in [0, 0.05) is 0 Å². The number of nitrogens with one attached hydrogen (secondary N) is 4. The fourth-order valence-corrected chi connectivity index (χ4v) is 1.92. The molecule has 4 aromatic heterocycles. The van der Waals surface area contributed by atoms with Crippen molar-refractivity contribution in [1.82, 2.24) is 39.9 Å². The highest BCUT2D eigenvalue weighted by Gasteiger charge is 2.08. The van der Waals surface area contributed by atoms with Crippen LogP contribution in [0, 0.1) is 0 Å². The number of hydrogen-bond acceptors (Lipinski definition) is 8. The van der Waals surface area contributed by atoms with Crippen molar-refractivity contribution < 1.29 is 0 Å². The van der Waals surface area contributed by atoms with Crippen LogP contribution in [0.1, 0.15) is 0 Å². The molecule has 0 atom stereocenters. The van der Waals surface area contributed by atoms with Gasteiger partial charge in [0.25, 0.3) is 0 Å². The molecule has 12 nitrogen and oxygen atoms in total. The van der Waals surface area contributed by atoms with E-state index in [1.54, 1.807) is 0 Å². The predicted octanol–water partition coefficient (Wildman–Crippen LogP) is 0.0212. The Morgan fingerprint density at radius 2 is 1.14 bits per heavy atom. The van der Waals surface area contributed by atoms with E-state index in [0.717, 1.165) is 0 Å². The van der Waals surface area contributed by atoms with E-state index in [0.29, 0.717) is 22.3 Å². The summed E-state index contributed by atoms with van der Waals surface area (Å²) in [6, 6.07) is 0. The van der Waals surface area contributed by atoms with Gasteiger partial charge in [-0.15, -0.1) is 10.2 Å². The van der Waals surface area contributed by atoms with Crippen LogP contribution in [0.4, 0.5) is 11.6 Å². The summed E-state index contributed by atoms with van der Waals surface area (Å²) in [5, 5.41) is 7.87. The maximum Gasteiger partial charge on any atom is 0.325 e. The second-order valence-electron chi connectivity index (χ2n) is 4.20. The van der Waals surface area contributed by atoms with Gasteiger partial charge in [-0.05, 0) is 0 Å². The Kier molecular flexibility index (Phi) is 2.42. The van der Waals surface area contributed by atoms with Crippen molar-refractivity contribution in [3.8, 4) is 0 Å². The standard InChI is InChI=1S/C10H6N10O2/c21-9-15-3-5(17-9)11-1-13-7(3)19-20-8-4-6(12-2-14-8)18-10(22)16-4/h1-2H,(H2,11,13,15,17,21)(H2,12,14,16,18,22). The van der Waals surface area contributed by atoms with Crippen LogP contribution in [0.3, 0.4) is 0 Å². The van der Waals surface area contributed by atoms with Gasteiger partial charge in [0.05, 0.1) is 0 Å². The van der Waals surface area contributed by atoms with Gasteiger partial charge in [-0.2, -0.15) is 0 Å². The Balaban J connectivity index is 1.85. The van der Waals surface area contributed by atoms with E-state index < -0.39 is 11.4 Å². The minimum Gasteiger partial charge on any atom is -0.301 e. The van der Waals surface area contributed by atoms with Crippen LogP contribution in [-0.4, -0.2) is 39.9 Å². The highest BCUT2D eigenvalue weighted by molar-refractivity contribution is 5.81. The zero-order chi connectivity index (χ0) is 15.1. The van der Waals surface area contributed by atoms with E-state index in [-0.39, 0.29) is 11.6 Å². The van der Waals surface area contributed by atoms with Crippen LogP contribution < -0.4 is 11.4 Å². The van der Waals surface area contributed by atoms with Gasteiger partial charge in [-0.25, -0.2) is 29.5 Å². The summed E-state index contributed by atoms with van der Waals surface area (Å²) in [5.74, 6) is 0.320. The minimum absolute atomic E-state index is 0.160. The molecule has 0 saturated carbocycles. The topological polar surface area (TPSA) is 174 Å². The van der Waals surface area contributed by atoms with E-state index in [2.05, 4.69) is 50.1 Å². The molecule has 4 heterocycles. The first-order chi connectivity index (χ1) is 10.7. The fourth-order valence-electron chi connectivity index (χ4n) is 1.92. The lowest BCUT2D eigenvalue weighted by molar-refractivity contribution is 1.09. The number of imidazole rings is 2. The van der Waals surface area contributed by atoms with Gasteiger partial charge in [-0.3, -0.25) is 9.97 Å². The highest BCUT2D eigenvalue weighted by atomic mass is 16.1. The monoisotopic (exact) mass is 298 g/mol. The molecule has 0 radical (unpaired) electrons. The number of hydrogen-bond donors (Lipinski definition) is 4. The van der Waals surface area contributed by atoms with Crippen LogP contribution in [-0.2, 0) is 0 Å². The molecule has 0 spiro atoms. The van der Waals surface area contributed by atoms with Crippen molar-refractivity contribution in [3.05, 3.63) is 33.6 Å². The van der Waals surface area contributed by atoms with Crippen LogP contribution in [0.5, 0.6) is 0 Å². The minimum atomic E-state index is -0.425. The van der Waals surface area contributed by atoms with Gasteiger partial charge < -0.3 is 9.97 Å². The lowest BCUT2D eigenvalue weighted by Crippen LogP contribution is -1.99. The van der Waals surface area contributed by atoms with Crippen molar-refractivity contribution in [2.24, 2.45) is 10.2 Å². The first-order valence-corrected chi connectivity index (χ1v) is 5.98. The number of fused-ring (bicyclic) bond motifs is 2. The molecule has 0 unspecified atom stereocenters. The maximum atomic E-state index is 11.3. The van der Waals surface area contributed by atoms with Crippen molar-refractivity contribution in [2.45, 2.75) is 0 Å². The van der Waals surface area contributed by atoms with Gasteiger partial charge in [0.2, 0.25) is 11.6 Å². The molecule has 0 aliphatic heterocycles. The molecule has 4 rings (SSSR count). The third-order valence-electron chi connectivity index (χ3n) is 2.83.